The molecule has 1 atom stereocenters. The van der Waals surface area contributed by atoms with Gasteiger partial charge >= 0.3 is 0 Å². The van der Waals surface area contributed by atoms with Gasteiger partial charge in [-0.3, -0.25) is 0 Å². The predicted molar refractivity (Wildman–Crippen MR) is 63.3 cm³/mol. The average Bonchev–Trinajstić information content (AvgIpc) is 2.67. The maximum atomic E-state index is 9.14. The van der Waals surface area contributed by atoms with E-state index in [2.05, 4.69) is 6.92 Å². The van der Waals surface area contributed by atoms with Crippen molar-refractivity contribution in [2.75, 3.05) is 6.61 Å². The fraction of sp³-hybridized carbons (Fsp3) is 0.750. The molecular formula is C12H19NOS. The standard InChI is InChI=1S/C12H19NOS/c1-2-3-4-12-13-10-7-9(8-14)5-6-11(10)15-12/h9,14H,2-8H2,1H3. The van der Waals surface area contributed by atoms with E-state index in [1.165, 1.54) is 28.4 Å². The van der Waals surface area contributed by atoms with Gasteiger partial charge in [-0.2, -0.15) is 0 Å². The molecule has 1 aliphatic carbocycles. The normalized spacial score (nSPS) is 20.3. The smallest absolute Gasteiger partial charge is 0.0931 e. The Morgan fingerprint density at radius 2 is 2.40 bits per heavy atom. The van der Waals surface area contributed by atoms with Crippen LogP contribution in [0.4, 0.5) is 0 Å². The van der Waals surface area contributed by atoms with Gasteiger partial charge in [0.1, 0.15) is 0 Å². The highest BCUT2D eigenvalue weighted by molar-refractivity contribution is 7.11. The van der Waals surface area contributed by atoms with Crippen LogP contribution in [0.5, 0.6) is 0 Å². The number of thiazole rings is 1. The van der Waals surface area contributed by atoms with Gasteiger partial charge in [0.2, 0.25) is 0 Å². The molecule has 1 heterocycles. The van der Waals surface area contributed by atoms with Crippen LogP contribution in [0, 0.1) is 5.92 Å². The molecule has 1 aromatic rings. The van der Waals surface area contributed by atoms with Crippen molar-refractivity contribution in [1.82, 2.24) is 4.98 Å². The number of aromatic nitrogens is 1. The van der Waals surface area contributed by atoms with E-state index >= 15 is 0 Å². The Bertz CT molecular complexity index is 321. The summed E-state index contributed by atoms with van der Waals surface area (Å²) in [5.41, 5.74) is 1.27. The van der Waals surface area contributed by atoms with Crippen LogP contribution in [0.2, 0.25) is 0 Å². The lowest BCUT2D eigenvalue weighted by Gasteiger charge is -2.18. The van der Waals surface area contributed by atoms with Gasteiger partial charge in [-0.25, -0.2) is 4.98 Å². The van der Waals surface area contributed by atoms with Crippen molar-refractivity contribution in [1.29, 1.82) is 0 Å². The molecule has 0 fully saturated rings. The molecule has 1 aromatic heterocycles. The van der Waals surface area contributed by atoms with Crippen molar-refractivity contribution in [2.24, 2.45) is 5.92 Å². The summed E-state index contributed by atoms with van der Waals surface area (Å²) in [6.07, 6.45) is 6.88. The molecule has 0 saturated heterocycles. The van der Waals surface area contributed by atoms with E-state index in [0.29, 0.717) is 12.5 Å². The summed E-state index contributed by atoms with van der Waals surface area (Å²) in [5, 5.41) is 10.4. The third-order valence-corrected chi connectivity index (χ3v) is 4.30. The lowest BCUT2D eigenvalue weighted by atomic mass is 9.92. The Labute approximate surface area is 95.4 Å². The van der Waals surface area contributed by atoms with Gasteiger partial charge in [0.05, 0.1) is 10.7 Å². The third-order valence-electron chi connectivity index (χ3n) is 3.09. The van der Waals surface area contributed by atoms with E-state index in [4.69, 9.17) is 10.1 Å². The summed E-state index contributed by atoms with van der Waals surface area (Å²) in [4.78, 5) is 6.17. The zero-order valence-electron chi connectivity index (χ0n) is 9.33. The lowest BCUT2D eigenvalue weighted by molar-refractivity contribution is 0.213. The SMILES string of the molecule is CCCCc1nc2c(s1)CCC(CO)C2. The van der Waals surface area contributed by atoms with Crippen molar-refractivity contribution in [3.8, 4) is 0 Å². The Hall–Kier alpha value is -0.410. The van der Waals surface area contributed by atoms with Gasteiger partial charge in [-0.1, -0.05) is 13.3 Å². The van der Waals surface area contributed by atoms with E-state index in [0.717, 1.165) is 25.7 Å². The summed E-state index contributed by atoms with van der Waals surface area (Å²) >= 11 is 1.90. The third kappa shape index (κ3) is 2.58. The highest BCUT2D eigenvalue weighted by Crippen LogP contribution is 2.30. The molecule has 84 valence electrons. The van der Waals surface area contributed by atoms with E-state index in [9.17, 15) is 0 Å². The molecule has 1 unspecified atom stereocenters. The summed E-state index contributed by atoms with van der Waals surface area (Å²) < 4.78 is 0. The van der Waals surface area contributed by atoms with E-state index in [1.807, 2.05) is 11.3 Å². The Balaban J connectivity index is 2.04. The van der Waals surface area contributed by atoms with Crippen LogP contribution in [-0.4, -0.2) is 16.7 Å². The van der Waals surface area contributed by atoms with E-state index < -0.39 is 0 Å². The first-order chi connectivity index (χ1) is 7.33. The molecule has 1 aliphatic rings. The Morgan fingerprint density at radius 3 is 3.13 bits per heavy atom. The molecule has 0 aliphatic heterocycles. The minimum absolute atomic E-state index is 0.321. The van der Waals surface area contributed by atoms with Crippen LogP contribution in [0.25, 0.3) is 0 Å². The van der Waals surface area contributed by atoms with Crippen LogP contribution in [0.3, 0.4) is 0 Å². The molecule has 1 N–H and O–H groups in total. The maximum Gasteiger partial charge on any atom is 0.0931 e. The summed E-state index contributed by atoms with van der Waals surface area (Å²) in [6.45, 7) is 2.54. The number of hydrogen-bond acceptors (Lipinski definition) is 3. The number of unbranched alkanes of at least 4 members (excludes halogenated alkanes) is 1. The second-order valence-electron chi connectivity index (χ2n) is 4.37. The molecule has 2 rings (SSSR count). The molecule has 0 amide bonds. The fourth-order valence-electron chi connectivity index (χ4n) is 2.09. The minimum Gasteiger partial charge on any atom is -0.396 e. The monoisotopic (exact) mass is 225 g/mol. The maximum absolute atomic E-state index is 9.14. The number of hydrogen-bond donors (Lipinski definition) is 1. The second-order valence-corrected chi connectivity index (χ2v) is 5.54. The fourth-order valence-corrected chi connectivity index (χ4v) is 3.25. The molecule has 0 saturated carbocycles. The molecule has 15 heavy (non-hydrogen) atoms. The first kappa shape index (κ1) is 11.1. The molecular weight excluding hydrogens is 206 g/mol. The molecule has 3 heteroatoms. The van der Waals surface area contributed by atoms with Crippen molar-refractivity contribution < 1.29 is 5.11 Å². The largest absolute Gasteiger partial charge is 0.396 e. The lowest BCUT2D eigenvalue weighted by Crippen LogP contribution is -2.16. The van der Waals surface area contributed by atoms with Gasteiger partial charge in [-0.15, -0.1) is 11.3 Å². The molecule has 0 radical (unpaired) electrons. The highest BCUT2D eigenvalue weighted by Gasteiger charge is 2.21. The first-order valence-electron chi connectivity index (χ1n) is 5.91. The minimum atomic E-state index is 0.321. The van der Waals surface area contributed by atoms with Gasteiger partial charge in [-0.05, 0) is 38.0 Å². The van der Waals surface area contributed by atoms with Crippen LogP contribution in [-0.2, 0) is 19.3 Å². The average molecular weight is 225 g/mol. The molecule has 0 spiro atoms. The molecule has 0 aromatic carbocycles. The van der Waals surface area contributed by atoms with Crippen LogP contribution < -0.4 is 0 Å². The van der Waals surface area contributed by atoms with Crippen molar-refractivity contribution in [3.05, 3.63) is 15.6 Å². The number of rotatable bonds is 4. The van der Waals surface area contributed by atoms with E-state index in [1.54, 1.807) is 0 Å². The topological polar surface area (TPSA) is 33.1 Å². The van der Waals surface area contributed by atoms with Crippen molar-refractivity contribution in [2.45, 2.75) is 45.4 Å². The van der Waals surface area contributed by atoms with Crippen LogP contribution in [0.1, 0.15) is 41.8 Å². The number of nitrogens with zero attached hydrogens (tertiary/aromatic N) is 1. The van der Waals surface area contributed by atoms with Gasteiger partial charge in [0.25, 0.3) is 0 Å². The van der Waals surface area contributed by atoms with E-state index in [-0.39, 0.29) is 0 Å². The van der Waals surface area contributed by atoms with Crippen LogP contribution in [0.15, 0.2) is 0 Å². The second kappa shape index (κ2) is 5.08. The van der Waals surface area contributed by atoms with Crippen molar-refractivity contribution in [3.63, 3.8) is 0 Å². The Kier molecular flexibility index (Phi) is 3.76. The number of aliphatic hydroxyl groups is 1. The quantitative estimate of drug-likeness (QED) is 0.854. The van der Waals surface area contributed by atoms with Crippen molar-refractivity contribution >= 4 is 11.3 Å². The number of aliphatic hydroxyl groups excluding tert-OH is 1. The van der Waals surface area contributed by atoms with Gasteiger partial charge in [0, 0.05) is 11.5 Å². The zero-order valence-corrected chi connectivity index (χ0v) is 10.1. The summed E-state index contributed by atoms with van der Waals surface area (Å²) in [6, 6.07) is 0. The Morgan fingerprint density at radius 1 is 1.53 bits per heavy atom. The summed E-state index contributed by atoms with van der Waals surface area (Å²) in [5.74, 6) is 0.457. The zero-order chi connectivity index (χ0) is 10.7. The van der Waals surface area contributed by atoms with Gasteiger partial charge in [0.15, 0.2) is 0 Å². The molecule has 0 bridgehead atoms. The molecule has 2 nitrogen and oxygen atoms in total. The van der Waals surface area contributed by atoms with Crippen LogP contribution >= 0.6 is 11.3 Å². The predicted octanol–water partition coefficient (Wildman–Crippen LogP) is 2.58. The summed E-state index contributed by atoms with van der Waals surface area (Å²) in [7, 11) is 0. The number of aryl methyl sites for hydroxylation is 2. The first-order valence-corrected chi connectivity index (χ1v) is 6.73. The van der Waals surface area contributed by atoms with Gasteiger partial charge < -0.3 is 5.11 Å². The highest BCUT2D eigenvalue weighted by atomic mass is 32.1. The number of fused-ring (bicyclic) bond motifs is 1.